The molecule has 3 nitrogen and oxygen atoms in total. The van der Waals surface area contributed by atoms with E-state index in [2.05, 4.69) is 164 Å². The molecule has 240 valence electrons. The van der Waals surface area contributed by atoms with Crippen molar-refractivity contribution < 1.29 is 4.42 Å². The first-order valence-electron chi connectivity index (χ1n) is 17.8. The lowest BCUT2D eigenvalue weighted by Gasteiger charge is -2.30. The van der Waals surface area contributed by atoms with Gasteiger partial charge in [0.05, 0.1) is 16.6 Å². The highest BCUT2D eigenvalue weighted by Crippen LogP contribution is 2.63. The molecule has 0 radical (unpaired) electrons. The van der Waals surface area contributed by atoms with Crippen LogP contribution in [0.2, 0.25) is 0 Å². The third-order valence-electron chi connectivity index (χ3n) is 11.5. The molecule has 3 heteroatoms. The van der Waals surface area contributed by atoms with Crippen LogP contribution in [0, 0.1) is 0 Å². The summed E-state index contributed by atoms with van der Waals surface area (Å²) in [5.74, 6) is 0.679. The first kappa shape index (κ1) is 27.9. The largest absolute Gasteiger partial charge is 0.456 e. The van der Waals surface area contributed by atoms with Crippen molar-refractivity contribution in [1.82, 2.24) is 9.97 Å². The van der Waals surface area contributed by atoms with Crippen LogP contribution in [-0.2, 0) is 5.41 Å². The van der Waals surface area contributed by atoms with Crippen molar-refractivity contribution in [2.24, 2.45) is 0 Å². The molecule has 2 aliphatic carbocycles. The van der Waals surface area contributed by atoms with Gasteiger partial charge in [0.25, 0.3) is 0 Å². The van der Waals surface area contributed by atoms with Crippen LogP contribution in [-0.4, -0.2) is 9.97 Å². The summed E-state index contributed by atoms with van der Waals surface area (Å²) in [7, 11) is 0. The van der Waals surface area contributed by atoms with E-state index < -0.39 is 5.41 Å². The molecule has 2 aliphatic rings. The molecule has 0 atom stereocenters. The predicted octanol–water partition coefficient (Wildman–Crippen LogP) is 12.4. The molecule has 10 aromatic rings. The smallest absolute Gasteiger partial charge is 0.160 e. The van der Waals surface area contributed by atoms with Crippen molar-refractivity contribution in [1.29, 1.82) is 0 Å². The first-order chi connectivity index (χ1) is 25.8. The fourth-order valence-corrected chi connectivity index (χ4v) is 9.26. The highest BCUT2D eigenvalue weighted by molar-refractivity contribution is 6.10. The SMILES string of the molecule is c1ccc2c(c1)-c1ccccc1C21c2ccccc2-c2cc3c(cc21)oc1cc(-c2nc(-c4ccc5ccccc5c4)c4ccccc4n2)ccc13. The number of hydrogen-bond acceptors (Lipinski definition) is 3. The summed E-state index contributed by atoms with van der Waals surface area (Å²) >= 11 is 0. The molecule has 8 aromatic carbocycles. The Kier molecular flexibility index (Phi) is 5.43. The van der Waals surface area contributed by atoms with Gasteiger partial charge in [0.15, 0.2) is 5.82 Å². The van der Waals surface area contributed by atoms with E-state index in [9.17, 15) is 0 Å². The van der Waals surface area contributed by atoms with Crippen LogP contribution >= 0.6 is 0 Å². The Labute approximate surface area is 299 Å². The van der Waals surface area contributed by atoms with E-state index in [0.29, 0.717) is 5.82 Å². The summed E-state index contributed by atoms with van der Waals surface area (Å²) < 4.78 is 6.81. The maximum absolute atomic E-state index is 6.81. The Morgan fingerprint density at radius 1 is 0.385 bits per heavy atom. The van der Waals surface area contributed by atoms with Crippen molar-refractivity contribution in [3.05, 3.63) is 192 Å². The second-order valence-corrected chi connectivity index (χ2v) is 14.1. The molecule has 0 unspecified atom stereocenters. The third kappa shape index (κ3) is 3.59. The van der Waals surface area contributed by atoms with Crippen LogP contribution in [0.5, 0.6) is 0 Å². The lowest BCUT2D eigenvalue weighted by molar-refractivity contribution is 0.666. The normalized spacial score (nSPS) is 13.5. The van der Waals surface area contributed by atoms with Crippen molar-refractivity contribution in [2.75, 3.05) is 0 Å². The van der Waals surface area contributed by atoms with E-state index in [-0.39, 0.29) is 0 Å². The van der Waals surface area contributed by atoms with Gasteiger partial charge in [-0.25, -0.2) is 9.97 Å². The Hall–Kier alpha value is -6.84. The maximum Gasteiger partial charge on any atom is 0.160 e. The van der Waals surface area contributed by atoms with E-state index >= 15 is 0 Å². The van der Waals surface area contributed by atoms with Gasteiger partial charge in [-0.05, 0) is 91.7 Å². The quantitative estimate of drug-likeness (QED) is 0.185. The number of aromatic nitrogens is 2. The van der Waals surface area contributed by atoms with Gasteiger partial charge in [-0.15, -0.1) is 0 Å². The molecule has 0 N–H and O–H groups in total. The van der Waals surface area contributed by atoms with Crippen molar-refractivity contribution in [2.45, 2.75) is 5.41 Å². The minimum absolute atomic E-state index is 0.407. The predicted molar refractivity (Wildman–Crippen MR) is 211 cm³/mol. The van der Waals surface area contributed by atoms with E-state index in [1.165, 1.54) is 55.3 Å². The van der Waals surface area contributed by atoms with E-state index in [4.69, 9.17) is 14.4 Å². The average molecular weight is 661 g/mol. The van der Waals surface area contributed by atoms with Crippen LogP contribution in [0.1, 0.15) is 22.3 Å². The third-order valence-corrected chi connectivity index (χ3v) is 11.5. The molecule has 12 rings (SSSR count). The van der Waals surface area contributed by atoms with Gasteiger partial charge < -0.3 is 4.42 Å². The van der Waals surface area contributed by atoms with Gasteiger partial charge in [-0.3, -0.25) is 0 Å². The summed E-state index contributed by atoms with van der Waals surface area (Å²) in [4.78, 5) is 10.3. The van der Waals surface area contributed by atoms with Gasteiger partial charge in [-0.2, -0.15) is 0 Å². The first-order valence-corrected chi connectivity index (χ1v) is 17.8. The fourth-order valence-electron chi connectivity index (χ4n) is 9.26. The molecule has 0 aliphatic heterocycles. The van der Waals surface area contributed by atoms with Crippen LogP contribution in [0.3, 0.4) is 0 Å². The average Bonchev–Trinajstić information content (AvgIpc) is 3.82. The fraction of sp³-hybridized carbons (Fsp3) is 0.0204. The van der Waals surface area contributed by atoms with Gasteiger partial charge in [0.1, 0.15) is 11.2 Å². The zero-order valence-corrected chi connectivity index (χ0v) is 28.0. The second-order valence-electron chi connectivity index (χ2n) is 14.1. The lowest BCUT2D eigenvalue weighted by atomic mass is 9.70. The molecule has 0 saturated carbocycles. The highest BCUT2D eigenvalue weighted by Gasteiger charge is 2.51. The molecule has 0 saturated heterocycles. The summed E-state index contributed by atoms with van der Waals surface area (Å²) in [5.41, 5.74) is 15.5. The number of furan rings is 1. The van der Waals surface area contributed by atoms with Gasteiger partial charge in [-0.1, -0.05) is 133 Å². The minimum Gasteiger partial charge on any atom is -0.456 e. The Morgan fingerprint density at radius 3 is 1.77 bits per heavy atom. The number of fused-ring (bicyclic) bond motifs is 15. The van der Waals surface area contributed by atoms with Crippen LogP contribution in [0.25, 0.3) is 88.5 Å². The van der Waals surface area contributed by atoms with Crippen LogP contribution in [0.15, 0.2) is 174 Å². The van der Waals surface area contributed by atoms with Gasteiger partial charge >= 0.3 is 0 Å². The van der Waals surface area contributed by atoms with Crippen molar-refractivity contribution >= 4 is 43.6 Å². The van der Waals surface area contributed by atoms with E-state index in [0.717, 1.165) is 49.7 Å². The molecule has 0 amide bonds. The molecule has 2 aromatic heterocycles. The van der Waals surface area contributed by atoms with Gasteiger partial charge in [0.2, 0.25) is 0 Å². The molecule has 2 heterocycles. The molecular weight excluding hydrogens is 633 g/mol. The highest BCUT2D eigenvalue weighted by atomic mass is 16.3. The van der Waals surface area contributed by atoms with Gasteiger partial charge in [0, 0.05) is 27.3 Å². The van der Waals surface area contributed by atoms with E-state index in [1.54, 1.807) is 0 Å². The van der Waals surface area contributed by atoms with Crippen LogP contribution < -0.4 is 0 Å². The number of para-hydroxylation sites is 1. The Balaban J connectivity index is 1.06. The maximum atomic E-state index is 6.81. The summed E-state index contributed by atoms with van der Waals surface area (Å²) in [6.45, 7) is 0. The zero-order valence-electron chi connectivity index (χ0n) is 28.0. The molecular formula is C49H28N2O. The summed E-state index contributed by atoms with van der Waals surface area (Å²) in [5, 5.41) is 5.63. The van der Waals surface area contributed by atoms with Crippen LogP contribution in [0.4, 0.5) is 0 Å². The second kappa shape index (κ2) is 10.1. The minimum atomic E-state index is -0.407. The standard InChI is InChI=1S/C49H28N2O/c1-2-12-30-25-31(22-21-29(30)11-1)47-37-16-6-10-20-44(37)50-48(51-47)32-23-24-36-39-27-38-35-15-5-9-19-42(35)49(43(38)28-46(39)52-45(36)26-32)40-17-7-3-13-33(40)34-14-4-8-18-41(34)49/h1-28H. The number of hydrogen-bond donors (Lipinski definition) is 0. The number of nitrogens with zero attached hydrogens (tertiary/aromatic N) is 2. The van der Waals surface area contributed by atoms with E-state index in [1.807, 2.05) is 6.07 Å². The molecule has 52 heavy (non-hydrogen) atoms. The van der Waals surface area contributed by atoms with Crippen molar-refractivity contribution in [3.8, 4) is 44.9 Å². The zero-order chi connectivity index (χ0) is 34.0. The molecule has 1 spiro atoms. The summed E-state index contributed by atoms with van der Waals surface area (Å²) in [6.07, 6.45) is 0. The topological polar surface area (TPSA) is 38.9 Å². The Morgan fingerprint density at radius 2 is 1.00 bits per heavy atom. The molecule has 0 bridgehead atoms. The lowest BCUT2D eigenvalue weighted by Crippen LogP contribution is -2.25. The van der Waals surface area contributed by atoms with Crippen molar-refractivity contribution in [3.63, 3.8) is 0 Å². The number of benzene rings is 8. The number of rotatable bonds is 2. The monoisotopic (exact) mass is 660 g/mol. The molecule has 0 fully saturated rings. The Bertz CT molecular complexity index is 3110. The summed E-state index contributed by atoms with van der Waals surface area (Å²) in [6, 6.07) is 61.1.